The highest BCUT2D eigenvalue weighted by atomic mass is 35.5. The number of halogens is 1. The number of tetrazole rings is 1. The van der Waals surface area contributed by atoms with Crippen LogP contribution in [0.1, 0.15) is 0 Å². The maximum atomic E-state index is 12.3. The van der Waals surface area contributed by atoms with Crippen LogP contribution in [0, 0.1) is 0 Å². The van der Waals surface area contributed by atoms with Crippen LogP contribution in [0.15, 0.2) is 47.6 Å². The van der Waals surface area contributed by atoms with E-state index in [0.717, 1.165) is 5.69 Å². The third kappa shape index (κ3) is 4.15. The first-order chi connectivity index (χ1) is 13.2. The van der Waals surface area contributed by atoms with Crippen molar-refractivity contribution >= 4 is 35.0 Å². The summed E-state index contributed by atoms with van der Waals surface area (Å²) in [5, 5.41) is 15.6. The van der Waals surface area contributed by atoms with Gasteiger partial charge in [0.2, 0.25) is 11.1 Å². The van der Waals surface area contributed by atoms with E-state index in [-0.39, 0.29) is 11.7 Å². The minimum atomic E-state index is -0.178. The number of carbonyl (C=O) groups excluding carboxylic acids is 1. The summed E-state index contributed by atoms with van der Waals surface area (Å²) >= 11 is 7.14. The van der Waals surface area contributed by atoms with Gasteiger partial charge in [0, 0.05) is 16.8 Å². The molecule has 0 saturated carbocycles. The fourth-order valence-corrected chi connectivity index (χ4v) is 3.28. The Morgan fingerprint density at radius 2 is 1.93 bits per heavy atom. The number of benzene rings is 2. The molecule has 0 aliphatic carbocycles. The van der Waals surface area contributed by atoms with Crippen molar-refractivity contribution in [2.24, 2.45) is 0 Å². The van der Waals surface area contributed by atoms with Gasteiger partial charge < -0.3 is 14.8 Å². The van der Waals surface area contributed by atoms with Crippen molar-refractivity contribution in [1.29, 1.82) is 0 Å². The molecule has 0 fully saturated rings. The fourth-order valence-electron chi connectivity index (χ4n) is 2.46. The van der Waals surface area contributed by atoms with Gasteiger partial charge in [-0.3, -0.25) is 4.79 Å². The Morgan fingerprint density at radius 3 is 2.74 bits per heavy atom. The normalized spacial score (nSPS) is 12.6. The summed E-state index contributed by atoms with van der Waals surface area (Å²) in [6.07, 6.45) is 0. The molecule has 0 bridgehead atoms. The Bertz CT molecular complexity index is 963. The Labute approximate surface area is 163 Å². The summed E-state index contributed by atoms with van der Waals surface area (Å²) < 4.78 is 12.5. The molecule has 0 radical (unpaired) electrons. The first-order valence-electron chi connectivity index (χ1n) is 8.06. The Hall–Kier alpha value is -2.78. The van der Waals surface area contributed by atoms with E-state index in [2.05, 4.69) is 20.8 Å². The van der Waals surface area contributed by atoms with Crippen LogP contribution in [0.25, 0.3) is 5.69 Å². The van der Waals surface area contributed by atoms with Crippen LogP contribution in [-0.4, -0.2) is 45.1 Å². The van der Waals surface area contributed by atoms with E-state index in [9.17, 15) is 4.79 Å². The molecule has 0 spiro atoms. The van der Waals surface area contributed by atoms with Gasteiger partial charge in [0.1, 0.15) is 13.2 Å². The van der Waals surface area contributed by atoms with Gasteiger partial charge in [0.05, 0.1) is 11.4 Å². The minimum Gasteiger partial charge on any atom is -0.486 e. The van der Waals surface area contributed by atoms with Gasteiger partial charge in [-0.1, -0.05) is 23.4 Å². The van der Waals surface area contributed by atoms with Crippen molar-refractivity contribution in [3.63, 3.8) is 0 Å². The number of thioether (sulfide) groups is 1. The lowest BCUT2D eigenvalue weighted by Crippen LogP contribution is -2.17. The molecule has 1 amide bonds. The molecule has 0 saturated heterocycles. The Balaban J connectivity index is 1.39. The molecule has 0 unspecified atom stereocenters. The highest BCUT2D eigenvalue weighted by molar-refractivity contribution is 7.99. The van der Waals surface area contributed by atoms with Crippen LogP contribution in [0.4, 0.5) is 5.69 Å². The number of nitrogens with zero attached hydrogens (tertiary/aromatic N) is 4. The fraction of sp³-hybridized carbons (Fsp3) is 0.176. The molecule has 10 heteroatoms. The lowest BCUT2D eigenvalue weighted by molar-refractivity contribution is -0.113. The van der Waals surface area contributed by atoms with Crippen LogP contribution in [-0.2, 0) is 4.79 Å². The standard InChI is InChI=1S/C17H14ClN5O3S/c18-11-1-4-13(5-2-11)23-17(20-21-22-23)27-10-16(24)19-12-3-6-14-15(9-12)26-8-7-25-14/h1-6,9H,7-8,10H2,(H,19,24). The molecule has 2 heterocycles. The van der Waals surface area contributed by atoms with Crippen LogP contribution in [0.3, 0.4) is 0 Å². The largest absolute Gasteiger partial charge is 0.486 e. The predicted octanol–water partition coefficient (Wildman–Crippen LogP) is 2.82. The van der Waals surface area contributed by atoms with Gasteiger partial charge in [-0.25, -0.2) is 0 Å². The topological polar surface area (TPSA) is 91.2 Å². The van der Waals surface area contributed by atoms with Crippen molar-refractivity contribution in [1.82, 2.24) is 20.2 Å². The van der Waals surface area contributed by atoms with E-state index < -0.39 is 0 Å². The van der Waals surface area contributed by atoms with E-state index in [1.54, 1.807) is 47.1 Å². The molecule has 1 N–H and O–H groups in total. The number of anilines is 1. The number of ether oxygens (including phenoxy) is 2. The highest BCUT2D eigenvalue weighted by Gasteiger charge is 2.14. The van der Waals surface area contributed by atoms with Gasteiger partial charge in [-0.2, -0.15) is 4.68 Å². The zero-order valence-corrected chi connectivity index (χ0v) is 15.5. The monoisotopic (exact) mass is 403 g/mol. The number of fused-ring (bicyclic) bond motifs is 1. The van der Waals surface area contributed by atoms with Crippen molar-refractivity contribution < 1.29 is 14.3 Å². The lowest BCUT2D eigenvalue weighted by Gasteiger charge is -2.18. The molecular weight excluding hydrogens is 390 g/mol. The van der Waals surface area contributed by atoms with Gasteiger partial charge in [0.25, 0.3) is 0 Å². The third-order valence-corrected chi connectivity index (χ3v) is 4.84. The van der Waals surface area contributed by atoms with Crippen molar-refractivity contribution in [3.8, 4) is 17.2 Å². The molecule has 1 aliphatic heterocycles. The highest BCUT2D eigenvalue weighted by Crippen LogP contribution is 2.32. The van der Waals surface area contributed by atoms with Gasteiger partial charge in [-0.15, -0.1) is 5.10 Å². The predicted molar refractivity (Wildman–Crippen MR) is 101 cm³/mol. The van der Waals surface area contributed by atoms with Crippen LogP contribution in [0.2, 0.25) is 5.02 Å². The molecule has 2 aromatic carbocycles. The second kappa shape index (κ2) is 7.85. The second-order valence-electron chi connectivity index (χ2n) is 5.54. The maximum Gasteiger partial charge on any atom is 0.234 e. The minimum absolute atomic E-state index is 0.155. The molecule has 8 nitrogen and oxygen atoms in total. The molecule has 138 valence electrons. The summed E-state index contributed by atoms with van der Waals surface area (Å²) in [6.45, 7) is 1.02. The summed E-state index contributed by atoms with van der Waals surface area (Å²) in [5.41, 5.74) is 1.40. The Kier molecular flexibility index (Phi) is 5.12. The van der Waals surface area contributed by atoms with Crippen molar-refractivity contribution in [2.75, 3.05) is 24.3 Å². The SMILES string of the molecule is O=C(CSc1nnnn1-c1ccc(Cl)cc1)Nc1ccc2c(c1)OCCO2. The molecule has 1 aromatic heterocycles. The number of hydrogen-bond acceptors (Lipinski definition) is 7. The first kappa shape index (κ1) is 17.6. The van der Waals surface area contributed by atoms with Crippen LogP contribution < -0.4 is 14.8 Å². The number of hydrogen-bond donors (Lipinski definition) is 1. The van der Waals surface area contributed by atoms with Crippen LogP contribution in [0.5, 0.6) is 11.5 Å². The molecule has 4 rings (SSSR count). The smallest absolute Gasteiger partial charge is 0.234 e. The van der Waals surface area contributed by atoms with Crippen LogP contribution >= 0.6 is 23.4 Å². The first-order valence-corrected chi connectivity index (χ1v) is 9.42. The maximum absolute atomic E-state index is 12.3. The van der Waals surface area contributed by atoms with E-state index in [1.165, 1.54) is 11.8 Å². The summed E-state index contributed by atoms with van der Waals surface area (Å²) in [7, 11) is 0. The number of nitrogens with one attached hydrogen (secondary N) is 1. The summed E-state index contributed by atoms with van der Waals surface area (Å²) in [4.78, 5) is 12.3. The van der Waals surface area contributed by atoms with E-state index in [0.29, 0.717) is 40.6 Å². The Morgan fingerprint density at radius 1 is 1.15 bits per heavy atom. The number of aromatic nitrogens is 4. The van der Waals surface area contributed by atoms with Gasteiger partial charge in [0.15, 0.2) is 11.5 Å². The zero-order chi connectivity index (χ0) is 18.6. The number of rotatable bonds is 5. The molecule has 1 aliphatic rings. The molecule has 27 heavy (non-hydrogen) atoms. The molecule has 0 atom stereocenters. The van der Waals surface area contributed by atoms with Gasteiger partial charge in [-0.05, 0) is 46.8 Å². The van der Waals surface area contributed by atoms with E-state index in [1.807, 2.05) is 0 Å². The van der Waals surface area contributed by atoms with Crippen molar-refractivity contribution in [3.05, 3.63) is 47.5 Å². The number of carbonyl (C=O) groups is 1. The zero-order valence-electron chi connectivity index (χ0n) is 14.0. The average molecular weight is 404 g/mol. The third-order valence-electron chi connectivity index (χ3n) is 3.67. The summed E-state index contributed by atoms with van der Waals surface area (Å²) in [6, 6.07) is 12.4. The quantitative estimate of drug-likeness (QED) is 0.655. The van der Waals surface area contributed by atoms with E-state index >= 15 is 0 Å². The number of amides is 1. The molecule has 3 aromatic rings. The lowest BCUT2D eigenvalue weighted by atomic mass is 10.2. The van der Waals surface area contributed by atoms with Crippen molar-refractivity contribution in [2.45, 2.75) is 5.16 Å². The molecular formula is C17H14ClN5O3S. The average Bonchev–Trinajstić information content (AvgIpc) is 3.15. The van der Waals surface area contributed by atoms with E-state index in [4.69, 9.17) is 21.1 Å². The van der Waals surface area contributed by atoms with Gasteiger partial charge >= 0.3 is 0 Å². The second-order valence-corrected chi connectivity index (χ2v) is 6.92. The summed E-state index contributed by atoms with van der Waals surface area (Å²) in [5.74, 6) is 1.28.